The number of rotatable bonds is 2. The molecule has 0 aromatic heterocycles. The number of aliphatic hydroxyl groups excluding tert-OH is 1. The van der Waals surface area contributed by atoms with Gasteiger partial charge in [-0.25, -0.2) is 0 Å². The molecule has 0 saturated heterocycles. The molecule has 0 aliphatic carbocycles. The van der Waals surface area contributed by atoms with E-state index in [0.717, 1.165) is 11.3 Å². The quantitative estimate of drug-likeness (QED) is 0.299. The molecule has 23 heavy (non-hydrogen) atoms. The molecule has 125 valence electrons. The zero-order chi connectivity index (χ0) is 16.8. The Bertz CT molecular complexity index is 639. The van der Waals surface area contributed by atoms with Crippen molar-refractivity contribution >= 4 is 17.3 Å². The van der Waals surface area contributed by atoms with Crippen LogP contribution in [0.3, 0.4) is 0 Å². The van der Waals surface area contributed by atoms with Crippen LogP contribution >= 0.6 is 0 Å². The topological polar surface area (TPSA) is 71.1 Å². The van der Waals surface area contributed by atoms with Crippen molar-refractivity contribution in [3.8, 4) is 0 Å². The third kappa shape index (κ3) is 7.31. The summed E-state index contributed by atoms with van der Waals surface area (Å²) in [5, 5.41) is 8.40. The second-order valence-electron chi connectivity index (χ2n) is 5.46. The summed E-state index contributed by atoms with van der Waals surface area (Å²) in [5.41, 5.74) is 1.10. The maximum absolute atomic E-state index is 11.5. The minimum Gasteiger partial charge on any atom is -0.512 e. The fourth-order valence-corrected chi connectivity index (χ4v) is 1.76. The summed E-state index contributed by atoms with van der Waals surface area (Å²) in [4.78, 5) is 24.3. The monoisotopic (exact) mass is 492 g/mol. The Morgan fingerprint density at radius 2 is 1.96 bits per heavy atom. The number of ketones is 2. The van der Waals surface area contributed by atoms with Gasteiger partial charge in [0, 0.05) is 20.1 Å². The van der Waals surface area contributed by atoms with Crippen LogP contribution in [0, 0.1) is 6.07 Å². The molecule has 0 bridgehead atoms. The first-order valence-electron chi connectivity index (χ1n) is 6.91. The molecular formula is C18H21IrNO3. The van der Waals surface area contributed by atoms with Crippen molar-refractivity contribution in [3.63, 3.8) is 0 Å². The Balaban J connectivity index is 0.000000522. The summed E-state index contributed by atoms with van der Waals surface area (Å²) in [6.07, 6.45) is 4.61. The van der Waals surface area contributed by atoms with Gasteiger partial charge in [-0.3, -0.25) is 9.59 Å². The molecule has 2 rings (SSSR count). The second-order valence-corrected chi connectivity index (χ2v) is 5.46. The van der Waals surface area contributed by atoms with Crippen LogP contribution in [0.4, 0.5) is 0 Å². The third-order valence-electron chi connectivity index (χ3n) is 2.80. The van der Waals surface area contributed by atoms with E-state index >= 15 is 0 Å². The molecule has 2 N–H and O–H groups in total. The van der Waals surface area contributed by atoms with Gasteiger partial charge in [-0.2, -0.15) is 0 Å². The number of carbonyl (C=O) groups excluding carboxylic acids is 2. The number of benzene rings is 1. The number of allylic oxidation sites excluding steroid dienone is 3. The standard InChI is InChI=1S/C13H12NO.C5H8O2.Ir/c1-13(2)12(15)9-8-11(14-13)10-6-4-3-5-7-10;1-4(6)3-5(2)7;/h3-6,8-9H,1-2H3;3,6H,1-2H3;/q-1;;/p+1/b;4-3-;. The molecule has 1 aromatic rings. The second kappa shape index (κ2) is 9.33. The first-order valence-corrected chi connectivity index (χ1v) is 6.91. The van der Waals surface area contributed by atoms with Crippen LogP contribution in [-0.2, 0) is 24.9 Å². The Morgan fingerprint density at radius 3 is 2.35 bits per heavy atom. The number of carbonyl (C=O) groups is 1. The number of aliphatic imine (C=N–C) groups is 1. The average Bonchev–Trinajstić information content (AvgIpc) is 2.42. The Hall–Kier alpha value is -1.84. The van der Waals surface area contributed by atoms with Gasteiger partial charge in [0.05, 0.1) is 18.8 Å². The van der Waals surface area contributed by atoms with E-state index in [1.54, 1.807) is 12.2 Å². The molecule has 1 aromatic carbocycles. The number of hydrogen-bond donors (Lipinski definition) is 1. The van der Waals surface area contributed by atoms with Crippen molar-refractivity contribution in [1.82, 2.24) is 0 Å². The summed E-state index contributed by atoms with van der Waals surface area (Å²) in [6, 6.07) is 10.7. The number of hydrogen-bond acceptors (Lipinski definition) is 3. The van der Waals surface area contributed by atoms with E-state index in [1.807, 2.05) is 38.1 Å². The van der Waals surface area contributed by atoms with E-state index in [1.165, 1.54) is 19.9 Å². The summed E-state index contributed by atoms with van der Waals surface area (Å²) in [7, 11) is 0. The Morgan fingerprint density at radius 1 is 1.30 bits per heavy atom. The zero-order valence-corrected chi connectivity index (χ0v) is 16.0. The molecule has 0 unspecified atom stereocenters. The molecule has 1 radical (unpaired) electrons. The minimum absolute atomic E-state index is 0. The van der Waals surface area contributed by atoms with Gasteiger partial charge in [0.1, 0.15) is 5.54 Å². The van der Waals surface area contributed by atoms with E-state index < -0.39 is 5.54 Å². The molecular weight excluding hydrogens is 470 g/mol. The van der Waals surface area contributed by atoms with Crippen LogP contribution in [-0.4, -0.2) is 32.7 Å². The van der Waals surface area contributed by atoms with Crippen molar-refractivity contribution in [2.45, 2.75) is 33.2 Å². The predicted molar refractivity (Wildman–Crippen MR) is 89.0 cm³/mol. The van der Waals surface area contributed by atoms with Crippen molar-refractivity contribution in [3.05, 3.63) is 59.9 Å². The molecule has 0 fully saturated rings. The SMILES string of the molecule is CC(=[OH+])/C=C(/C)O.CC1(C)N=C(c2[c-]cccc2)C=CC1=O.[Ir]. The summed E-state index contributed by atoms with van der Waals surface area (Å²) < 4.78 is 0. The van der Waals surface area contributed by atoms with Crippen molar-refractivity contribution < 1.29 is 34.8 Å². The van der Waals surface area contributed by atoms with Gasteiger partial charge < -0.3 is 10.1 Å². The molecule has 0 amide bonds. The van der Waals surface area contributed by atoms with Crippen LogP contribution in [0.2, 0.25) is 0 Å². The third-order valence-corrected chi connectivity index (χ3v) is 2.80. The van der Waals surface area contributed by atoms with Crippen LogP contribution in [0.1, 0.15) is 33.3 Å². The van der Waals surface area contributed by atoms with Crippen LogP contribution in [0.5, 0.6) is 0 Å². The van der Waals surface area contributed by atoms with Crippen LogP contribution in [0.25, 0.3) is 0 Å². The first kappa shape index (κ1) is 21.2. The van der Waals surface area contributed by atoms with Gasteiger partial charge in [0.25, 0.3) is 0 Å². The van der Waals surface area contributed by atoms with Crippen molar-refractivity contribution in [1.29, 1.82) is 0 Å². The molecule has 1 aliphatic heterocycles. The fraction of sp³-hybridized carbons (Fsp3) is 0.278. The molecule has 4 nitrogen and oxygen atoms in total. The van der Waals surface area contributed by atoms with E-state index in [4.69, 9.17) is 9.90 Å². The van der Waals surface area contributed by atoms with Crippen molar-refractivity contribution in [2.24, 2.45) is 4.99 Å². The number of nitrogens with zero attached hydrogens (tertiary/aromatic N) is 1. The van der Waals surface area contributed by atoms with E-state index in [-0.39, 0.29) is 37.4 Å². The van der Waals surface area contributed by atoms with Gasteiger partial charge in [-0.1, -0.05) is 6.08 Å². The number of aliphatic hydroxyl groups is 1. The van der Waals surface area contributed by atoms with Gasteiger partial charge >= 0.3 is 5.78 Å². The van der Waals surface area contributed by atoms with Crippen molar-refractivity contribution in [2.75, 3.05) is 0 Å². The Kier molecular flexibility index (Phi) is 8.59. The van der Waals surface area contributed by atoms with E-state index in [9.17, 15) is 4.79 Å². The van der Waals surface area contributed by atoms with Gasteiger partial charge in [0.2, 0.25) is 0 Å². The predicted octanol–water partition coefficient (Wildman–Crippen LogP) is 3.20. The molecule has 0 saturated carbocycles. The summed E-state index contributed by atoms with van der Waals surface area (Å²) >= 11 is 0. The smallest absolute Gasteiger partial charge is 0.316 e. The number of dihydropyridines is 1. The van der Waals surface area contributed by atoms with Crippen LogP contribution < -0.4 is 0 Å². The van der Waals surface area contributed by atoms with Crippen LogP contribution in [0.15, 0.2) is 53.2 Å². The Labute approximate surface area is 150 Å². The first-order chi connectivity index (χ1) is 10.2. The van der Waals surface area contributed by atoms with Gasteiger partial charge in [-0.15, -0.1) is 35.9 Å². The average molecular weight is 492 g/mol. The molecule has 0 atom stereocenters. The summed E-state index contributed by atoms with van der Waals surface area (Å²) in [5.74, 6) is 0.294. The largest absolute Gasteiger partial charge is 0.512 e. The van der Waals surface area contributed by atoms with E-state index in [2.05, 4.69) is 11.1 Å². The van der Waals surface area contributed by atoms with E-state index in [0.29, 0.717) is 0 Å². The molecule has 0 spiro atoms. The molecule has 5 heteroatoms. The summed E-state index contributed by atoms with van der Waals surface area (Å²) in [6.45, 7) is 6.64. The van der Waals surface area contributed by atoms with Gasteiger partial charge in [0.15, 0.2) is 5.78 Å². The molecule has 1 aliphatic rings. The maximum atomic E-state index is 11.5. The fourth-order valence-electron chi connectivity index (χ4n) is 1.76. The maximum Gasteiger partial charge on any atom is 0.316 e. The van der Waals surface area contributed by atoms with Gasteiger partial charge in [-0.05, 0) is 32.6 Å². The minimum atomic E-state index is -0.645. The zero-order valence-electron chi connectivity index (χ0n) is 13.6. The molecule has 1 heterocycles. The normalized spacial score (nSPS) is 15.7.